The number of benzene rings is 2. The van der Waals surface area contributed by atoms with Crippen molar-refractivity contribution in [2.24, 2.45) is 0 Å². The van der Waals surface area contributed by atoms with Gasteiger partial charge in [-0.3, -0.25) is 9.59 Å². The number of nitrogens with zero attached hydrogens (tertiary/aromatic N) is 4. The first-order valence-corrected chi connectivity index (χ1v) is 15.9. The fourth-order valence-corrected chi connectivity index (χ4v) is 8.01. The molecule has 0 spiro atoms. The SMILES string of the molecule is CC1(C)Oc2ccc(C#N)cc2C(N2CCCC2=O)C1OP(O)OC1C(N2CCCC2=O)c2cc(C#N)ccc2OC1(C)C. The van der Waals surface area contributed by atoms with Gasteiger partial charge in [0.2, 0.25) is 11.8 Å². The molecular weight excluding hydrogens is 583 g/mol. The highest BCUT2D eigenvalue weighted by molar-refractivity contribution is 7.40. The summed E-state index contributed by atoms with van der Waals surface area (Å²) in [5, 5.41) is 19.2. The maximum atomic E-state index is 13.1. The Kier molecular flexibility index (Phi) is 7.80. The molecule has 4 aliphatic heterocycles. The van der Waals surface area contributed by atoms with Gasteiger partial charge in [0.05, 0.1) is 35.3 Å². The molecule has 4 heterocycles. The van der Waals surface area contributed by atoms with Crippen LogP contribution in [-0.2, 0) is 18.6 Å². The predicted molar refractivity (Wildman–Crippen MR) is 158 cm³/mol. The van der Waals surface area contributed by atoms with Crippen molar-refractivity contribution in [3.8, 4) is 23.6 Å². The van der Waals surface area contributed by atoms with E-state index < -0.39 is 44.1 Å². The van der Waals surface area contributed by atoms with Crippen molar-refractivity contribution in [3.05, 3.63) is 58.7 Å². The van der Waals surface area contributed by atoms with Crippen LogP contribution in [0.15, 0.2) is 36.4 Å². The largest absolute Gasteiger partial charge is 0.485 e. The van der Waals surface area contributed by atoms with Crippen molar-refractivity contribution >= 4 is 20.4 Å². The van der Waals surface area contributed by atoms with Crippen LogP contribution in [0.1, 0.15) is 87.7 Å². The van der Waals surface area contributed by atoms with Crippen molar-refractivity contribution in [1.82, 2.24) is 9.80 Å². The second-order valence-electron chi connectivity index (χ2n) is 12.7. The minimum atomic E-state index is -2.62. The van der Waals surface area contributed by atoms with Crippen LogP contribution in [0.2, 0.25) is 0 Å². The molecule has 12 heteroatoms. The average Bonchev–Trinajstić information content (AvgIpc) is 3.60. The van der Waals surface area contributed by atoms with E-state index in [1.54, 1.807) is 46.2 Å². The molecule has 2 amide bonds. The summed E-state index contributed by atoms with van der Waals surface area (Å²) in [6.07, 6.45) is 0.434. The molecule has 2 saturated heterocycles. The predicted octanol–water partition coefficient (Wildman–Crippen LogP) is 4.79. The number of carbonyl (C=O) groups is 2. The third kappa shape index (κ3) is 5.29. The molecule has 4 atom stereocenters. The zero-order chi connectivity index (χ0) is 31.4. The number of hydrogen-bond acceptors (Lipinski definition) is 9. The highest BCUT2D eigenvalue weighted by Crippen LogP contribution is 2.54. The van der Waals surface area contributed by atoms with Crippen molar-refractivity contribution in [1.29, 1.82) is 10.5 Å². The summed E-state index contributed by atoms with van der Waals surface area (Å²) >= 11 is 0. The molecule has 44 heavy (non-hydrogen) atoms. The van der Waals surface area contributed by atoms with E-state index in [0.29, 0.717) is 72.5 Å². The quantitative estimate of drug-likeness (QED) is 0.452. The van der Waals surface area contributed by atoms with E-state index in [4.69, 9.17) is 18.5 Å². The number of ether oxygens (including phenoxy) is 2. The molecule has 11 nitrogen and oxygen atoms in total. The van der Waals surface area contributed by atoms with Gasteiger partial charge in [-0.05, 0) is 76.9 Å². The lowest BCUT2D eigenvalue weighted by atomic mass is 9.85. The van der Waals surface area contributed by atoms with Gasteiger partial charge in [0.15, 0.2) is 0 Å². The van der Waals surface area contributed by atoms with Gasteiger partial charge in [0.1, 0.15) is 34.9 Å². The maximum absolute atomic E-state index is 13.1. The summed E-state index contributed by atoms with van der Waals surface area (Å²) in [7, 11) is -2.62. The van der Waals surface area contributed by atoms with E-state index in [1.165, 1.54) is 0 Å². The number of rotatable bonds is 6. The minimum absolute atomic E-state index is 0.0443. The molecule has 0 aliphatic carbocycles. The first kappa shape index (κ1) is 30.3. The second kappa shape index (κ2) is 11.3. The molecule has 2 aromatic carbocycles. The molecule has 4 aliphatic rings. The first-order chi connectivity index (χ1) is 20.9. The van der Waals surface area contributed by atoms with Crippen LogP contribution in [-0.4, -0.2) is 63.0 Å². The van der Waals surface area contributed by atoms with Gasteiger partial charge >= 0.3 is 8.60 Å². The van der Waals surface area contributed by atoms with E-state index in [1.807, 2.05) is 27.7 Å². The Morgan fingerprint density at radius 3 is 1.55 bits per heavy atom. The average molecular weight is 619 g/mol. The Hall–Kier alpha value is -3.73. The Morgan fingerprint density at radius 2 is 1.20 bits per heavy atom. The van der Waals surface area contributed by atoms with Gasteiger partial charge in [0.25, 0.3) is 0 Å². The van der Waals surface area contributed by atoms with Gasteiger partial charge < -0.3 is 33.2 Å². The highest BCUT2D eigenvalue weighted by atomic mass is 31.2. The Labute approximate surface area is 257 Å². The van der Waals surface area contributed by atoms with Gasteiger partial charge in [-0.25, -0.2) is 0 Å². The summed E-state index contributed by atoms with van der Waals surface area (Å²) in [6.45, 7) is 8.31. The molecule has 4 unspecified atom stereocenters. The lowest BCUT2D eigenvalue weighted by molar-refractivity contribution is -0.142. The van der Waals surface area contributed by atoms with Crippen LogP contribution in [0.3, 0.4) is 0 Å². The first-order valence-electron chi connectivity index (χ1n) is 14.8. The van der Waals surface area contributed by atoms with E-state index >= 15 is 0 Å². The van der Waals surface area contributed by atoms with Crippen molar-refractivity contribution in [2.45, 2.75) is 88.9 Å². The van der Waals surface area contributed by atoms with E-state index in [9.17, 15) is 25.0 Å². The maximum Gasteiger partial charge on any atom is 0.330 e. The lowest BCUT2D eigenvalue weighted by Crippen LogP contribution is -2.56. The Morgan fingerprint density at radius 1 is 0.795 bits per heavy atom. The zero-order valence-electron chi connectivity index (χ0n) is 25.1. The van der Waals surface area contributed by atoms with Crippen LogP contribution < -0.4 is 9.47 Å². The number of fused-ring (bicyclic) bond motifs is 2. The third-order valence-corrected chi connectivity index (χ3v) is 9.72. The second-order valence-corrected chi connectivity index (χ2v) is 13.6. The number of amides is 2. The van der Waals surface area contributed by atoms with E-state index in [2.05, 4.69) is 12.1 Å². The van der Waals surface area contributed by atoms with Crippen LogP contribution in [0, 0.1) is 22.7 Å². The fourth-order valence-electron chi connectivity index (χ4n) is 6.83. The van der Waals surface area contributed by atoms with Crippen LogP contribution in [0.5, 0.6) is 11.5 Å². The molecule has 2 fully saturated rings. The Bertz CT molecular complexity index is 1470. The van der Waals surface area contributed by atoms with Crippen LogP contribution >= 0.6 is 8.60 Å². The number of carbonyl (C=O) groups excluding carboxylic acids is 2. The van der Waals surface area contributed by atoms with E-state index in [-0.39, 0.29) is 11.8 Å². The monoisotopic (exact) mass is 618 g/mol. The molecule has 6 rings (SSSR count). The number of nitriles is 2. The van der Waals surface area contributed by atoms with Crippen molar-refractivity contribution < 1.29 is 33.0 Å². The molecule has 0 saturated carbocycles. The fraction of sp³-hybridized carbons (Fsp3) is 0.500. The van der Waals surface area contributed by atoms with E-state index in [0.717, 1.165) is 0 Å². The van der Waals surface area contributed by atoms with Gasteiger partial charge in [-0.1, -0.05) is 0 Å². The normalized spacial score (nSPS) is 27.4. The van der Waals surface area contributed by atoms with Gasteiger partial charge in [-0.15, -0.1) is 0 Å². The summed E-state index contributed by atoms with van der Waals surface area (Å²) in [5.74, 6) is 0.997. The standard InChI is InChI=1S/C32H35N4O7P/c1-31(2)29(27(35-13-5-7-25(35)37)21-15-19(17-33)9-11-23(21)40-31)42-44(39)43-30-28(36-14-6-8-26(36)38)22-16-20(18-34)10-12-24(22)41-32(30,3)4/h9-12,15-16,27-30,39H,5-8,13-14H2,1-4H3. The highest BCUT2D eigenvalue weighted by Gasteiger charge is 2.54. The number of likely N-dealkylation sites (tertiary alicyclic amines) is 2. The lowest BCUT2D eigenvalue weighted by Gasteiger charge is -2.49. The number of hydrogen-bond donors (Lipinski definition) is 1. The Balaban J connectivity index is 1.36. The summed E-state index contributed by atoms with van der Waals surface area (Å²) in [4.78, 5) is 41.2. The van der Waals surface area contributed by atoms with Crippen molar-refractivity contribution in [3.63, 3.8) is 0 Å². The summed E-state index contributed by atoms with van der Waals surface area (Å²) < 4.78 is 25.4. The topological polar surface area (TPSA) is 145 Å². The molecule has 0 aromatic heterocycles. The smallest absolute Gasteiger partial charge is 0.330 e. The molecule has 1 N–H and O–H groups in total. The van der Waals surface area contributed by atoms with Crippen molar-refractivity contribution in [2.75, 3.05) is 13.1 Å². The molecule has 230 valence electrons. The minimum Gasteiger partial charge on any atom is -0.485 e. The summed E-state index contributed by atoms with van der Waals surface area (Å²) in [6, 6.07) is 13.2. The van der Waals surface area contributed by atoms with Gasteiger partial charge in [0, 0.05) is 37.1 Å². The van der Waals surface area contributed by atoms with Crippen LogP contribution in [0.25, 0.3) is 0 Å². The summed E-state index contributed by atoms with van der Waals surface area (Å²) in [5.41, 5.74) is 0.0924. The zero-order valence-corrected chi connectivity index (χ0v) is 26.0. The molecule has 0 bridgehead atoms. The van der Waals surface area contributed by atoms with Crippen LogP contribution in [0.4, 0.5) is 0 Å². The third-order valence-electron chi connectivity index (χ3n) is 8.90. The molecule has 0 radical (unpaired) electrons. The molecular formula is C32H35N4O7P. The molecule has 2 aromatic rings. The van der Waals surface area contributed by atoms with Gasteiger partial charge in [-0.2, -0.15) is 10.5 Å².